The Labute approximate surface area is 141 Å². The molecule has 1 aliphatic rings. The van der Waals surface area contributed by atoms with E-state index >= 15 is 0 Å². The van der Waals surface area contributed by atoms with Crippen LogP contribution in [0.25, 0.3) is 0 Å². The fourth-order valence-corrected chi connectivity index (χ4v) is 4.51. The fourth-order valence-electron chi connectivity index (χ4n) is 2.80. The summed E-state index contributed by atoms with van der Waals surface area (Å²) < 4.78 is 32.4. The molecule has 0 radical (unpaired) electrons. The molecular formula is C17H20N2O4S. The van der Waals surface area contributed by atoms with Crippen molar-refractivity contribution in [3.63, 3.8) is 0 Å². The number of nitrogens with one attached hydrogen (secondary N) is 1. The first-order valence-electron chi connectivity index (χ1n) is 7.99. The maximum atomic E-state index is 12.9. The van der Waals surface area contributed by atoms with Gasteiger partial charge in [-0.25, -0.2) is 8.42 Å². The van der Waals surface area contributed by atoms with Crippen LogP contribution in [-0.4, -0.2) is 31.7 Å². The van der Waals surface area contributed by atoms with Crippen molar-refractivity contribution in [2.75, 3.05) is 13.1 Å². The monoisotopic (exact) mass is 348 g/mol. The minimum atomic E-state index is -3.66. The lowest BCUT2D eigenvalue weighted by Crippen LogP contribution is -2.37. The highest BCUT2D eigenvalue weighted by Crippen LogP contribution is 2.23. The van der Waals surface area contributed by atoms with Crippen LogP contribution in [0.1, 0.15) is 35.4 Å². The van der Waals surface area contributed by atoms with E-state index in [1.165, 1.54) is 22.7 Å². The Morgan fingerprint density at radius 2 is 1.83 bits per heavy atom. The smallest absolute Gasteiger partial charge is 0.253 e. The van der Waals surface area contributed by atoms with Gasteiger partial charge in [0.15, 0.2) is 0 Å². The largest absolute Gasteiger partial charge is 0.467 e. The molecule has 1 aliphatic heterocycles. The minimum absolute atomic E-state index is 0.0591. The first-order valence-corrected chi connectivity index (χ1v) is 9.43. The van der Waals surface area contributed by atoms with Crippen molar-refractivity contribution in [3.05, 3.63) is 54.0 Å². The Bertz CT molecular complexity index is 794. The molecule has 0 spiro atoms. The van der Waals surface area contributed by atoms with Gasteiger partial charge in [0.05, 0.1) is 23.3 Å². The summed E-state index contributed by atoms with van der Waals surface area (Å²) in [6, 6.07) is 9.81. The number of rotatable bonds is 5. The van der Waals surface area contributed by atoms with Crippen LogP contribution in [0, 0.1) is 0 Å². The molecule has 3 rings (SSSR count). The van der Waals surface area contributed by atoms with Gasteiger partial charge < -0.3 is 9.73 Å². The third-order valence-electron chi connectivity index (χ3n) is 4.07. The van der Waals surface area contributed by atoms with E-state index in [1.54, 1.807) is 24.3 Å². The van der Waals surface area contributed by atoms with Crippen molar-refractivity contribution in [1.82, 2.24) is 9.62 Å². The second kappa shape index (κ2) is 7.19. The van der Waals surface area contributed by atoms with E-state index in [4.69, 9.17) is 4.42 Å². The predicted octanol–water partition coefficient (Wildman–Crippen LogP) is 2.38. The SMILES string of the molecule is O=C(NCc1ccco1)c1ccccc1S(=O)(=O)N1CCCCC1. The molecule has 1 amide bonds. The summed E-state index contributed by atoms with van der Waals surface area (Å²) >= 11 is 0. The van der Waals surface area contributed by atoms with E-state index in [1.807, 2.05) is 0 Å². The number of furan rings is 1. The summed E-state index contributed by atoms with van der Waals surface area (Å²) in [6.45, 7) is 1.22. The average molecular weight is 348 g/mol. The number of carbonyl (C=O) groups is 1. The van der Waals surface area contributed by atoms with E-state index in [-0.39, 0.29) is 17.0 Å². The van der Waals surface area contributed by atoms with E-state index in [2.05, 4.69) is 5.32 Å². The Morgan fingerprint density at radius 1 is 1.08 bits per heavy atom. The summed E-state index contributed by atoms with van der Waals surface area (Å²) in [6.07, 6.45) is 4.27. The number of carbonyl (C=O) groups excluding carboxylic acids is 1. The molecule has 1 fully saturated rings. The maximum absolute atomic E-state index is 12.9. The average Bonchev–Trinajstić information content (AvgIpc) is 3.14. The van der Waals surface area contributed by atoms with Gasteiger partial charge in [0.25, 0.3) is 5.91 Å². The molecule has 1 aromatic heterocycles. The van der Waals surface area contributed by atoms with Crippen LogP contribution >= 0.6 is 0 Å². The lowest BCUT2D eigenvalue weighted by molar-refractivity contribution is 0.0944. The first kappa shape index (κ1) is 16.7. The zero-order chi connectivity index (χ0) is 17.0. The molecule has 24 heavy (non-hydrogen) atoms. The molecule has 0 unspecified atom stereocenters. The van der Waals surface area contributed by atoms with Gasteiger partial charge in [-0.05, 0) is 37.1 Å². The minimum Gasteiger partial charge on any atom is -0.467 e. The van der Waals surface area contributed by atoms with Crippen molar-refractivity contribution < 1.29 is 17.6 Å². The zero-order valence-corrected chi connectivity index (χ0v) is 14.1. The zero-order valence-electron chi connectivity index (χ0n) is 13.3. The van der Waals surface area contributed by atoms with Crippen molar-refractivity contribution >= 4 is 15.9 Å². The highest BCUT2D eigenvalue weighted by Gasteiger charge is 2.29. The van der Waals surface area contributed by atoms with Crippen molar-refractivity contribution in [1.29, 1.82) is 0 Å². The summed E-state index contributed by atoms with van der Waals surface area (Å²) in [4.78, 5) is 12.5. The second-order valence-electron chi connectivity index (χ2n) is 5.72. The lowest BCUT2D eigenvalue weighted by atomic mass is 10.2. The van der Waals surface area contributed by atoms with Crippen LogP contribution in [0.4, 0.5) is 0 Å². The summed E-state index contributed by atoms with van der Waals surface area (Å²) in [5, 5.41) is 2.70. The summed E-state index contributed by atoms with van der Waals surface area (Å²) in [5.74, 6) is 0.183. The molecule has 1 aromatic carbocycles. The number of piperidine rings is 1. The molecular weight excluding hydrogens is 328 g/mol. The van der Waals surface area contributed by atoms with E-state index in [0.29, 0.717) is 18.8 Å². The van der Waals surface area contributed by atoms with Crippen LogP contribution in [0.5, 0.6) is 0 Å². The maximum Gasteiger partial charge on any atom is 0.253 e. The van der Waals surface area contributed by atoms with E-state index in [0.717, 1.165) is 19.3 Å². The Morgan fingerprint density at radius 3 is 2.54 bits per heavy atom. The molecule has 7 heteroatoms. The van der Waals surface area contributed by atoms with Crippen LogP contribution in [0.3, 0.4) is 0 Å². The standard InChI is InChI=1S/C17H20N2O4S/c20-17(18-13-14-7-6-12-23-14)15-8-2-3-9-16(15)24(21,22)19-10-4-1-5-11-19/h2-3,6-9,12H,1,4-5,10-11,13H2,(H,18,20). The van der Waals surface area contributed by atoms with Gasteiger partial charge in [-0.15, -0.1) is 0 Å². The predicted molar refractivity (Wildman–Crippen MR) is 88.9 cm³/mol. The summed E-state index contributed by atoms with van der Waals surface area (Å²) in [5.41, 5.74) is 0.162. The topological polar surface area (TPSA) is 79.6 Å². The van der Waals surface area contributed by atoms with Gasteiger partial charge in [0.1, 0.15) is 5.76 Å². The lowest BCUT2D eigenvalue weighted by Gasteiger charge is -2.26. The Hall–Kier alpha value is -2.12. The third-order valence-corrected chi connectivity index (χ3v) is 6.02. The molecule has 128 valence electrons. The second-order valence-corrected chi connectivity index (χ2v) is 7.63. The molecule has 1 saturated heterocycles. The molecule has 0 aliphatic carbocycles. The van der Waals surface area contributed by atoms with Gasteiger partial charge >= 0.3 is 0 Å². The van der Waals surface area contributed by atoms with Crippen molar-refractivity contribution in [2.45, 2.75) is 30.7 Å². The molecule has 0 atom stereocenters. The number of benzene rings is 1. The van der Waals surface area contributed by atoms with Crippen molar-refractivity contribution in [2.24, 2.45) is 0 Å². The number of nitrogens with zero attached hydrogens (tertiary/aromatic N) is 1. The fraction of sp³-hybridized carbons (Fsp3) is 0.353. The molecule has 0 bridgehead atoms. The van der Waals surface area contributed by atoms with Gasteiger partial charge in [-0.2, -0.15) is 4.31 Å². The molecule has 0 saturated carbocycles. The Balaban J connectivity index is 1.83. The van der Waals surface area contributed by atoms with E-state index in [9.17, 15) is 13.2 Å². The molecule has 1 N–H and O–H groups in total. The molecule has 2 aromatic rings. The third kappa shape index (κ3) is 3.52. The van der Waals surface area contributed by atoms with Crippen LogP contribution in [0.15, 0.2) is 52.0 Å². The first-order chi connectivity index (χ1) is 11.6. The van der Waals surface area contributed by atoms with Crippen LogP contribution in [-0.2, 0) is 16.6 Å². The van der Waals surface area contributed by atoms with Gasteiger partial charge in [0, 0.05) is 13.1 Å². The molecule has 2 heterocycles. The number of hydrogen-bond donors (Lipinski definition) is 1. The number of amides is 1. The molecule has 6 nitrogen and oxygen atoms in total. The number of sulfonamides is 1. The van der Waals surface area contributed by atoms with Crippen LogP contribution < -0.4 is 5.32 Å². The normalized spacial score (nSPS) is 16.0. The van der Waals surface area contributed by atoms with Crippen LogP contribution in [0.2, 0.25) is 0 Å². The van der Waals surface area contributed by atoms with Gasteiger partial charge in [-0.3, -0.25) is 4.79 Å². The number of hydrogen-bond acceptors (Lipinski definition) is 4. The van der Waals surface area contributed by atoms with Crippen molar-refractivity contribution in [3.8, 4) is 0 Å². The highest BCUT2D eigenvalue weighted by molar-refractivity contribution is 7.89. The van der Waals surface area contributed by atoms with Gasteiger partial charge in [0.2, 0.25) is 10.0 Å². The Kier molecular flexibility index (Phi) is 5.01. The van der Waals surface area contributed by atoms with E-state index < -0.39 is 15.9 Å². The quantitative estimate of drug-likeness (QED) is 0.900. The highest BCUT2D eigenvalue weighted by atomic mass is 32.2. The van der Waals surface area contributed by atoms with Gasteiger partial charge in [-0.1, -0.05) is 18.6 Å². The summed E-state index contributed by atoms with van der Waals surface area (Å²) in [7, 11) is -3.66.